The number of benzene rings is 2. The molecule has 0 aromatic heterocycles. The van der Waals surface area contributed by atoms with E-state index in [1.54, 1.807) is 18.2 Å². The lowest BCUT2D eigenvalue weighted by atomic mass is 10.1. The van der Waals surface area contributed by atoms with Crippen molar-refractivity contribution in [3.05, 3.63) is 53.1 Å². The van der Waals surface area contributed by atoms with Crippen LogP contribution in [0.5, 0.6) is 17.2 Å². The van der Waals surface area contributed by atoms with Gasteiger partial charge in [-0.05, 0) is 56.5 Å². The molecule has 0 heterocycles. The van der Waals surface area contributed by atoms with Crippen LogP contribution < -0.4 is 14.2 Å². The van der Waals surface area contributed by atoms with E-state index in [9.17, 15) is 4.79 Å². The maximum Gasteiger partial charge on any atom is 0.349 e. The third kappa shape index (κ3) is 4.25. The lowest BCUT2D eigenvalue weighted by Gasteiger charge is -2.14. The normalized spacial score (nSPS) is 10.3. The first-order valence-electron chi connectivity index (χ1n) is 7.65. The van der Waals surface area contributed by atoms with Crippen molar-refractivity contribution in [1.82, 2.24) is 0 Å². The topological polar surface area (TPSA) is 44.8 Å². The third-order valence-electron chi connectivity index (χ3n) is 3.58. The Morgan fingerprint density at radius 2 is 1.57 bits per heavy atom. The summed E-state index contributed by atoms with van der Waals surface area (Å²) in [6.07, 6.45) is 0. The van der Waals surface area contributed by atoms with Crippen LogP contribution in [0.1, 0.15) is 23.6 Å². The van der Waals surface area contributed by atoms with Gasteiger partial charge >= 0.3 is 5.97 Å². The molecule has 0 aliphatic heterocycles. The van der Waals surface area contributed by atoms with Crippen molar-refractivity contribution in [2.24, 2.45) is 0 Å². The van der Waals surface area contributed by atoms with Crippen LogP contribution >= 0.6 is 0 Å². The second-order valence-electron chi connectivity index (χ2n) is 5.30. The molecule has 0 unspecified atom stereocenters. The number of hydrogen-bond donors (Lipinski definition) is 0. The average molecular weight is 314 g/mol. The fraction of sp³-hybridized carbons (Fsp3) is 0.316. The molecule has 122 valence electrons. The minimum absolute atomic E-state index is 0.147. The van der Waals surface area contributed by atoms with E-state index in [0.717, 1.165) is 22.4 Å². The molecule has 0 saturated heterocycles. The van der Waals surface area contributed by atoms with E-state index in [4.69, 9.17) is 14.2 Å². The van der Waals surface area contributed by atoms with Crippen LogP contribution in [0, 0.1) is 20.8 Å². The van der Waals surface area contributed by atoms with Gasteiger partial charge in [0.05, 0.1) is 6.61 Å². The van der Waals surface area contributed by atoms with E-state index in [2.05, 4.69) is 0 Å². The molecule has 0 fully saturated rings. The lowest BCUT2D eigenvalue weighted by molar-refractivity contribution is -0.136. The first kappa shape index (κ1) is 16.9. The van der Waals surface area contributed by atoms with Crippen molar-refractivity contribution in [1.29, 1.82) is 0 Å². The zero-order valence-corrected chi connectivity index (χ0v) is 14.0. The molecule has 0 aliphatic rings. The highest BCUT2D eigenvalue weighted by Gasteiger charge is 2.13. The summed E-state index contributed by atoms with van der Waals surface area (Å²) in [5.74, 6) is 1.23. The van der Waals surface area contributed by atoms with Gasteiger partial charge in [0, 0.05) is 0 Å². The summed E-state index contributed by atoms with van der Waals surface area (Å²) in [6, 6.07) is 11.1. The number of carbonyl (C=O) groups excluding carboxylic acids is 1. The molecule has 0 atom stereocenters. The van der Waals surface area contributed by atoms with E-state index in [1.165, 1.54) is 0 Å². The van der Waals surface area contributed by atoms with Gasteiger partial charge in [-0.3, -0.25) is 0 Å². The summed E-state index contributed by atoms with van der Waals surface area (Å²) < 4.78 is 16.4. The Hall–Kier alpha value is -2.49. The summed E-state index contributed by atoms with van der Waals surface area (Å²) in [4.78, 5) is 12.0. The third-order valence-corrected chi connectivity index (χ3v) is 3.58. The van der Waals surface area contributed by atoms with Crippen LogP contribution in [0.15, 0.2) is 36.4 Å². The van der Waals surface area contributed by atoms with Crippen molar-refractivity contribution < 1.29 is 19.0 Å². The van der Waals surface area contributed by atoms with Gasteiger partial charge in [-0.15, -0.1) is 0 Å². The molecule has 4 heteroatoms. The maximum atomic E-state index is 12.0. The van der Waals surface area contributed by atoms with Gasteiger partial charge in [0.1, 0.15) is 5.75 Å². The maximum absolute atomic E-state index is 12.0. The molecular weight excluding hydrogens is 292 g/mol. The molecular formula is C19H22O4. The first-order chi connectivity index (χ1) is 11.0. The first-order valence-corrected chi connectivity index (χ1v) is 7.65. The molecule has 0 radical (unpaired) electrons. The SMILES string of the molecule is CCOc1ccccc1OC(=O)COc1c(C)ccc(C)c1C. The molecule has 23 heavy (non-hydrogen) atoms. The van der Waals surface area contributed by atoms with Gasteiger partial charge in [0.25, 0.3) is 0 Å². The quantitative estimate of drug-likeness (QED) is 0.597. The molecule has 0 saturated carbocycles. The van der Waals surface area contributed by atoms with Crippen LogP contribution in [0.3, 0.4) is 0 Å². The summed E-state index contributed by atoms with van der Waals surface area (Å²) >= 11 is 0. The molecule has 4 nitrogen and oxygen atoms in total. The summed E-state index contributed by atoms with van der Waals surface area (Å²) in [5, 5.41) is 0. The van der Waals surface area contributed by atoms with Gasteiger partial charge in [-0.25, -0.2) is 4.79 Å². The number of para-hydroxylation sites is 2. The highest BCUT2D eigenvalue weighted by molar-refractivity contribution is 5.75. The lowest BCUT2D eigenvalue weighted by Crippen LogP contribution is -2.19. The Labute approximate surface area is 137 Å². The number of carbonyl (C=O) groups is 1. The van der Waals surface area contributed by atoms with E-state index in [-0.39, 0.29) is 6.61 Å². The van der Waals surface area contributed by atoms with E-state index >= 15 is 0 Å². The molecule has 0 bridgehead atoms. The Balaban J connectivity index is 2.03. The predicted molar refractivity (Wildman–Crippen MR) is 89.4 cm³/mol. The summed E-state index contributed by atoms with van der Waals surface area (Å²) in [7, 11) is 0. The zero-order chi connectivity index (χ0) is 16.8. The van der Waals surface area contributed by atoms with Crippen LogP contribution in [0.2, 0.25) is 0 Å². The highest BCUT2D eigenvalue weighted by Crippen LogP contribution is 2.28. The van der Waals surface area contributed by atoms with Gasteiger partial charge < -0.3 is 14.2 Å². The van der Waals surface area contributed by atoms with Gasteiger partial charge in [-0.1, -0.05) is 24.3 Å². The van der Waals surface area contributed by atoms with Crippen molar-refractivity contribution in [2.75, 3.05) is 13.2 Å². The fourth-order valence-electron chi connectivity index (χ4n) is 2.24. The average Bonchev–Trinajstić information content (AvgIpc) is 2.53. The Bertz CT molecular complexity index is 692. The van der Waals surface area contributed by atoms with Gasteiger partial charge in [0.2, 0.25) is 0 Å². The number of hydrogen-bond acceptors (Lipinski definition) is 4. The van der Waals surface area contributed by atoms with Crippen molar-refractivity contribution in [3.8, 4) is 17.2 Å². The molecule has 2 aromatic rings. The number of aryl methyl sites for hydroxylation is 2. The minimum atomic E-state index is -0.461. The fourth-order valence-corrected chi connectivity index (χ4v) is 2.24. The van der Waals surface area contributed by atoms with Crippen molar-refractivity contribution >= 4 is 5.97 Å². The van der Waals surface area contributed by atoms with E-state index < -0.39 is 5.97 Å². The van der Waals surface area contributed by atoms with Gasteiger partial charge in [-0.2, -0.15) is 0 Å². The van der Waals surface area contributed by atoms with Crippen molar-refractivity contribution in [2.45, 2.75) is 27.7 Å². The highest BCUT2D eigenvalue weighted by atomic mass is 16.6. The molecule has 0 aliphatic carbocycles. The summed E-state index contributed by atoms with van der Waals surface area (Å²) in [5.41, 5.74) is 3.16. The van der Waals surface area contributed by atoms with Crippen molar-refractivity contribution in [3.63, 3.8) is 0 Å². The van der Waals surface area contributed by atoms with Gasteiger partial charge in [0.15, 0.2) is 18.1 Å². The van der Waals surface area contributed by atoms with Crippen LogP contribution in [-0.4, -0.2) is 19.2 Å². The molecule has 0 N–H and O–H groups in total. The smallest absolute Gasteiger partial charge is 0.349 e. The minimum Gasteiger partial charge on any atom is -0.490 e. The standard InChI is InChI=1S/C19H22O4/c1-5-21-16-8-6-7-9-17(16)23-18(20)12-22-19-14(3)11-10-13(2)15(19)4/h6-11H,5,12H2,1-4H3. The Morgan fingerprint density at radius 3 is 2.26 bits per heavy atom. The largest absolute Gasteiger partial charge is 0.490 e. The summed E-state index contributed by atoms with van der Waals surface area (Å²) in [6.45, 7) is 8.19. The molecule has 0 amide bonds. The van der Waals surface area contributed by atoms with Crippen LogP contribution in [-0.2, 0) is 4.79 Å². The molecule has 2 rings (SSSR count). The number of rotatable bonds is 6. The Morgan fingerprint density at radius 1 is 0.913 bits per heavy atom. The Kier molecular flexibility index (Phi) is 5.63. The number of ether oxygens (including phenoxy) is 3. The molecule has 2 aromatic carbocycles. The van der Waals surface area contributed by atoms with E-state index in [0.29, 0.717) is 18.1 Å². The molecule has 0 spiro atoms. The van der Waals surface area contributed by atoms with Crippen LogP contribution in [0.4, 0.5) is 0 Å². The second kappa shape index (κ2) is 7.68. The second-order valence-corrected chi connectivity index (χ2v) is 5.30. The zero-order valence-electron chi connectivity index (χ0n) is 14.0. The van der Waals surface area contributed by atoms with E-state index in [1.807, 2.05) is 45.9 Å². The monoisotopic (exact) mass is 314 g/mol. The predicted octanol–water partition coefficient (Wildman–Crippen LogP) is 3.99. The van der Waals surface area contributed by atoms with Crippen LogP contribution in [0.25, 0.3) is 0 Å². The number of esters is 1.